The lowest BCUT2D eigenvalue weighted by molar-refractivity contribution is 0.0505. The van der Waals surface area contributed by atoms with Crippen LogP contribution in [0.25, 0.3) is 11.3 Å². The molecule has 6 nitrogen and oxygen atoms in total. The average Bonchev–Trinajstić information content (AvgIpc) is 2.94. The van der Waals surface area contributed by atoms with E-state index in [2.05, 4.69) is 15.5 Å². The van der Waals surface area contributed by atoms with Crippen molar-refractivity contribution in [1.29, 1.82) is 0 Å². The molecule has 1 aromatic heterocycles. The van der Waals surface area contributed by atoms with Gasteiger partial charge in [0.25, 0.3) is 0 Å². The number of hydrogen-bond acceptors (Lipinski definition) is 4. The van der Waals surface area contributed by atoms with Crippen LogP contribution in [0.3, 0.4) is 0 Å². The van der Waals surface area contributed by atoms with E-state index >= 15 is 0 Å². The number of ether oxygens (including phenoxy) is 1. The number of H-pyrrole nitrogens is 1. The number of hydrogen-bond donors (Lipinski definition) is 3. The van der Waals surface area contributed by atoms with Crippen LogP contribution in [0.5, 0.6) is 0 Å². The highest BCUT2D eigenvalue weighted by atomic mass is 16.6. The Morgan fingerprint density at radius 3 is 2.65 bits per heavy atom. The molecule has 23 heavy (non-hydrogen) atoms. The normalized spacial score (nSPS) is 12.7. The lowest BCUT2D eigenvalue weighted by Crippen LogP contribution is -2.44. The third-order valence-electron chi connectivity index (χ3n) is 3.17. The number of alkyl carbamates (subject to hydrolysis) is 1. The number of aromatic amines is 1. The van der Waals surface area contributed by atoms with Crippen molar-refractivity contribution in [3.05, 3.63) is 42.1 Å². The van der Waals surface area contributed by atoms with Gasteiger partial charge in [-0.05, 0) is 26.8 Å². The Labute approximate surface area is 136 Å². The largest absolute Gasteiger partial charge is 0.444 e. The minimum atomic E-state index is -0.530. The third-order valence-corrected chi connectivity index (χ3v) is 3.17. The van der Waals surface area contributed by atoms with E-state index in [9.17, 15) is 4.79 Å². The monoisotopic (exact) mass is 316 g/mol. The van der Waals surface area contributed by atoms with Gasteiger partial charge in [0.15, 0.2) is 0 Å². The summed E-state index contributed by atoms with van der Waals surface area (Å²) in [5.74, 6) is 0. The second-order valence-corrected chi connectivity index (χ2v) is 6.43. The van der Waals surface area contributed by atoms with E-state index in [-0.39, 0.29) is 6.04 Å². The van der Waals surface area contributed by atoms with Gasteiger partial charge >= 0.3 is 6.09 Å². The van der Waals surface area contributed by atoms with Crippen LogP contribution >= 0.6 is 0 Å². The maximum absolute atomic E-state index is 11.8. The lowest BCUT2D eigenvalue weighted by atomic mass is 10.1. The van der Waals surface area contributed by atoms with Crippen LogP contribution in [0.1, 0.15) is 26.5 Å². The molecule has 1 heterocycles. The summed E-state index contributed by atoms with van der Waals surface area (Å²) in [7, 11) is 0. The lowest BCUT2D eigenvalue weighted by Gasteiger charge is -2.22. The second kappa shape index (κ2) is 7.28. The molecule has 124 valence electrons. The van der Waals surface area contributed by atoms with Crippen molar-refractivity contribution in [2.75, 3.05) is 6.54 Å². The first kappa shape index (κ1) is 17.0. The molecule has 1 unspecified atom stereocenters. The maximum Gasteiger partial charge on any atom is 0.407 e. The van der Waals surface area contributed by atoms with Crippen molar-refractivity contribution < 1.29 is 9.53 Å². The van der Waals surface area contributed by atoms with Crippen molar-refractivity contribution >= 4 is 6.09 Å². The van der Waals surface area contributed by atoms with Crippen molar-refractivity contribution in [2.45, 2.75) is 38.8 Å². The predicted octanol–water partition coefficient (Wildman–Crippen LogP) is 2.47. The first-order chi connectivity index (χ1) is 10.9. The van der Waals surface area contributed by atoms with Crippen molar-refractivity contribution in [3.8, 4) is 11.3 Å². The standard InChI is InChI=1S/C17H24N4O2/c1-17(2,3)23-16(22)19-14(11-18)9-13-10-15(21-20-13)12-7-5-4-6-8-12/h4-8,10,14H,9,11,18H2,1-3H3,(H,19,22)(H,20,21). The molecule has 6 heteroatoms. The molecule has 0 bridgehead atoms. The van der Waals surface area contributed by atoms with Gasteiger partial charge in [-0.15, -0.1) is 0 Å². The van der Waals surface area contributed by atoms with Gasteiger partial charge in [0.05, 0.1) is 5.69 Å². The Bertz CT molecular complexity index is 632. The quantitative estimate of drug-likeness (QED) is 0.790. The molecule has 0 aliphatic heterocycles. The van der Waals surface area contributed by atoms with Crippen LogP contribution in [-0.2, 0) is 11.2 Å². The summed E-state index contributed by atoms with van der Waals surface area (Å²) in [6.07, 6.45) is 0.103. The van der Waals surface area contributed by atoms with Crippen LogP contribution in [0.2, 0.25) is 0 Å². The van der Waals surface area contributed by atoms with Crippen molar-refractivity contribution in [1.82, 2.24) is 15.5 Å². The summed E-state index contributed by atoms with van der Waals surface area (Å²) in [5, 5.41) is 10.1. The summed E-state index contributed by atoms with van der Waals surface area (Å²) in [5.41, 5.74) is 8.04. The van der Waals surface area contributed by atoms with Crippen LogP contribution < -0.4 is 11.1 Å². The van der Waals surface area contributed by atoms with E-state index in [0.29, 0.717) is 13.0 Å². The SMILES string of the molecule is CC(C)(C)OC(=O)NC(CN)Cc1cc(-c2ccccc2)n[nH]1. The van der Waals surface area contributed by atoms with E-state index < -0.39 is 11.7 Å². The molecule has 2 rings (SSSR count). The summed E-state index contributed by atoms with van der Waals surface area (Å²) in [4.78, 5) is 11.8. The zero-order valence-corrected chi connectivity index (χ0v) is 13.8. The number of carbonyl (C=O) groups is 1. The minimum Gasteiger partial charge on any atom is -0.444 e. The highest BCUT2D eigenvalue weighted by Crippen LogP contribution is 2.17. The Hall–Kier alpha value is -2.34. The molecule has 0 aliphatic rings. The molecule has 1 amide bonds. The topological polar surface area (TPSA) is 93.0 Å². The third kappa shape index (κ3) is 5.41. The average molecular weight is 316 g/mol. The molecule has 0 saturated heterocycles. The number of amides is 1. The number of aromatic nitrogens is 2. The fraction of sp³-hybridized carbons (Fsp3) is 0.412. The van der Waals surface area contributed by atoms with Gasteiger partial charge in [-0.1, -0.05) is 30.3 Å². The Kier molecular flexibility index (Phi) is 5.39. The number of nitrogens with one attached hydrogen (secondary N) is 2. The maximum atomic E-state index is 11.8. The minimum absolute atomic E-state index is 0.214. The van der Waals surface area contributed by atoms with Crippen LogP contribution in [0.4, 0.5) is 4.79 Å². The van der Waals surface area contributed by atoms with E-state index in [1.165, 1.54) is 0 Å². The predicted molar refractivity (Wildman–Crippen MR) is 89.9 cm³/mol. The number of rotatable bonds is 5. The van der Waals surface area contributed by atoms with Crippen molar-refractivity contribution in [3.63, 3.8) is 0 Å². The van der Waals surface area contributed by atoms with Gasteiger partial charge in [-0.25, -0.2) is 4.79 Å². The second-order valence-electron chi connectivity index (χ2n) is 6.43. The molecule has 0 fully saturated rings. The van der Waals surface area contributed by atoms with Crippen molar-refractivity contribution in [2.24, 2.45) is 5.73 Å². The highest BCUT2D eigenvalue weighted by molar-refractivity contribution is 5.68. The van der Waals surface area contributed by atoms with E-state index in [4.69, 9.17) is 10.5 Å². The summed E-state index contributed by atoms with van der Waals surface area (Å²) >= 11 is 0. The van der Waals surface area contributed by atoms with Gasteiger partial charge in [-0.2, -0.15) is 5.10 Å². The Morgan fingerprint density at radius 2 is 2.04 bits per heavy atom. The van der Waals surface area contributed by atoms with Gasteiger partial charge in [0.2, 0.25) is 0 Å². The molecule has 0 saturated carbocycles. The number of nitrogens with two attached hydrogens (primary N) is 1. The zero-order chi connectivity index (χ0) is 16.9. The number of carbonyl (C=O) groups excluding carboxylic acids is 1. The van der Waals surface area contributed by atoms with Gasteiger partial charge in [-0.3, -0.25) is 5.10 Å². The molecular formula is C17H24N4O2. The number of benzene rings is 1. The Morgan fingerprint density at radius 1 is 1.35 bits per heavy atom. The molecule has 0 spiro atoms. The van der Waals surface area contributed by atoms with E-state index in [1.54, 1.807) is 0 Å². The molecule has 0 aliphatic carbocycles. The van der Waals surface area contributed by atoms with E-state index in [0.717, 1.165) is 17.0 Å². The van der Waals surface area contributed by atoms with Gasteiger partial charge in [0.1, 0.15) is 5.60 Å². The first-order valence-corrected chi connectivity index (χ1v) is 7.66. The fourth-order valence-corrected chi connectivity index (χ4v) is 2.16. The highest BCUT2D eigenvalue weighted by Gasteiger charge is 2.19. The molecule has 4 N–H and O–H groups in total. The molecule has 0 radical (unpaired) electrons. The van der Waals surface area contributed by atoms with Crippen LogP contribution in [0.15, 0.2) is 36.4 Å². The van der Waals surface area contributed by atoms with Gasteiger partial charge < -0.3 is 15.8 Å². The molecule has 1 aromatic carbocycles. The molecule has 2 aromatic rings. The number of nitrogens with zero attached hydrogens (tertiary/aromatic N) is 1. The summed E-state index contributed by atoms with van der Waals surface area (Å²) < 4.78 is 5.25. The van der Waals surface area contributed by atoms with Crippen LogP contribution in [0, 0.1) is 0 Å². The summed E-state index contributed by atoms with van der Waals surface area (Å²) in [6, 6.07) is 11.7. The van der Waals surface area contributed by atoms with E-state index in [1.807, 2.05) is 57.2 Å². The van der Waals surface area contributed by atoms with Crippen LogP contribution in [-0.4, -0.2) is 34.5 Å². The molecule has 1 atom stereocenters. The Balaban J connectivity index is 1.97. The molecular weight excluding hydrogens is 292 g/mol. The van der Waals surface area contributed by atoms with Gasteiger partial charge in [0, 0.05) is 30.3 Å². The smallest absolute Gasteiger partial charge is 0.407 e. The summed E-state index contributed by atoms with van der Waals surface area (Å²) in [6.45, 7) is 5.79. The fourth-order valence-electron chi connectivity index (χ4n) is 2.16. The zero-order valence-electron chi connectivity index (χ0n) is 13.8. The first-order valence-electron chi connectivity index (χ1n) is 7.66.